The Morgan fingerprint density at radius 2 is 1.67 bits per heavy atom. The van der Waals surface area contributed by atoms with E-state index < -0.39 is 13.9 Å². The van der Waals surface area contributed by atoms with E-state index in [2.05, 4.69) is 21.2 Å². The Kier molecular flexibility index (Phi) is 7.60. The van der Waals surface area contributed by atoms with E-state index in [0.29, 0.717) is 34.1 Å². The van der Waals surface area contributed by atoms with Crippen molar-refractivity contribution in [2.45, 2.75) is 40.0 Å². The van der Waals surface area contributed by atoms with Gasteiger partial charge in [-0.25, -0.2) is 0 Å². The number of aromatic nitrogens is 1. The number of fused-ring (bicyclic) bond motifs is 4. The first-order valence-electron chi connectivity index (χ1n) is 15.2. The van der Waals surface area contributed by atoms with Crippen LogP contribution in [0.5, 0.6) is 5.75 Å². The quantitative estimate of drug-likeness (QED) is 0.256. The predicted molar refractivity (Wildman–Crippen MR) is 164 cm³/mol. The van der Waals surface area contributed by atoms with Crippen molar-refractivity contribution in [1.29, 1.82) is 0 Å². The molecule has 0 spiro atoms. The molecule has 0 unspecified atom stereocenters. The number of pyridine rings is 1. The van der Waals surface area contributed by atoms with Crippen molar-refractivity contribution in [2.75, 3.05) is 61.5 Å². The highest BCUT2D eigenvalue weighted by Gasteiger charge is 2.69. The van der Waals surface area contributed by atoms with Gasteiger partial charge >= 0.3 is 13.9 Å². The number of benzene rings is 1. The van der Waals surface area contributed by atoms with E-state index in [1.807, 2.05) is 25.1 Å². The van der Waals surface area contributed by atoms with E-state index in [4.69, 9.17) is 4.74 Å². The number of hydrazine groups is 1. The number of piperazine rings is 1. The second kappa shape index (κ2) is 11.1. The summed E-state index contributed by atoms with van der Waals surface area (Å²) >= 11 is 0. The topological polar surface area (TPSA) is 41.1 Å². The molecule has 0 bridgehead atoms. The van der Waals surface area contributed by atoms with Crippen LogP contribution in [0.1, 0.15) is 40.0 Å². The van der Waals surface area contributed by atoms with Crippen LogP contribution in [0.3, 0.4) is 0 Å². The minimum absolute atomic E-state index is 0.134. The predicted octanol–water partition coefficient (Wildman–Crippen LogP) is 4.70. The lowest BCUT2D eigenvalue weighted by atomic mass is 9.89. The third kappa shape index (κ3) is 4.74. The molecule has 0 atom stereocenters. The van der Waals surface area contributed by atoms with Crippen molar-refractivity contribution in [1.82, 2.24) is 9.82 Å². The number of rotatable bonds is 9. The van der Waals surface area contributed by atoms with E-state index in [0.717, 1.165) is 71.5 Å². The van der Waals surface area contributed by atoms with Crippen LogP contribution in [-0.2, 0) is 0 Å². The zero-order valence-corrected chi connectivity index (χ0v) is 25.2. The Morgan fingerprint density at radius 3 is 2.40 bits per heavy atom. The zero-order chi connectivity index (χ0) is 30.5. The van der Waals surface area contributed by atoms with Gasteiger partial charge in [0, 0.05) is 56.4 Å². The lowest BCUT2D eigenvalue weighted by molar-refractivity contribution is -0.533. The number of hydrogen-bond donors (Lipinski definition) is 1. The molecule has 43 heavy (non-hydrogen) atoms. The summed E-state index contributed by atoms with van der Waals surface area (Å²) in [6.07, 6.45) is 3.39. The summed E-state index contributed by atoms with van der Waals surface area (Å²) in [4.78, 5) is 5.70. The normalized spacial score (nSPS) is 20.7. The van der Waals surface area contributed by atoms with Crippen molar-refractivity contribution in [3.63, 3.8) is 0 Å². The Bertz CT molecular complexity index is 1510. The summed E-state index contributed by atoms with van der Waals surface area (Å²) in [6, 6.07) is 12.5. The molecule has 1 aromatic carbocycles. The Hall–Kier alpha value is -3.67. The van der Waals surface area contributed by atoms with Gasteiger partial charge in [0.05, 0.1) is 25.5 Å². The van der Waals surface area contributed by atoms with Crippen LogP contribution < -0.4 is 24.4 Å². The van der Waals surface area contributed by atoms with Crippen molar-refractivity contribution in [3.8, 4) is 5.75 Å². The molecule has 5 heterocycles. The molecule has 0 saturated carbocycles. The summed E-state index contributed by atoms with van der Waals surface area (Å²) in [6.45, 7) is 1.22. The molecule has 2 aromatic rings. The standard InChI is InChI=1S/C29H39B2F4N7O/c1-5-24-22(2)26-21-39-30(32,33)41-28(13-10-14-29(41)42(39)31(34,35)40(26)23(24)3)36-15-8-9-16-37-17-19-38(20-18-37)25-11-6-7-12-27(25)43-4/h6-7,10-14,21,36H,5,8-9,15-20H2,1-4H3. The summed E-state index contributed by atoms with van der Waals surface area (Å²) in [7, 11) is 1.69. The van der Waals surface area contributed by atoms with Gasteiger partial charge in [-0.05, 0) is 50.9 Å². The Labute approximate surface area is 250 Å². The summed E-state index contributed by atoms with van der Waals surface area (Å²) in [5.41, 5.74) is 3.05. The van der Waals surface area contributed by atoms with Crippen LogP contribution in [0, 0.1) is 0 Å². The second-order valence-corrected chi connectivity index (χ2v) is 11.6. The fourth-order valence-corrected chi connectivity index (χ4v) is 7.05. The molecular formula is C29H39B2F4N7O. The summed E-state index contributed by atoms with van der Waals surface area (Å²) in [5, 5.41) is 3.12. The maximum atomic E-state index is 16.1. The van der Waals surface area contributed by atoms with Crippen LogP contribution >= 0.6 is 0 Å². The fraction of sp³-hybridized carbons (Fsp3) is 0.448. The summed E-state index contributed by atoms with van der Waals surface area (Å²) in [5.74, 6) is 0.785. The molecule has 1 saturated heterocycles. The molecule has 0 amide bonds. The molecule has 4 aliphatic heterocycles. The molecule has 230 valence electrons. The number of nitrogens with one attached hydrogen (secondary N) is 1. The van der Waals surface area contributed by atoms with E-state index in [1.165, 1.54) is 18.3 Å². The van der Waals surface area contributed by atoms with Crippen molar-refractivity contribution in [2.24, 2.45) is 0 Å². The molecule has 1 N–H and O–H groups in total. The third-order valence-electron chi connectivity index (χ3n) is 9.23. The molecular weight excluding hydrogens is 560 g/mol. The molecule has 8 nitrogen and oxygen atoms in total. The van der Waals surface area contributed by atoms with Gasteiger partial charge in [0.25, 0.3) is 0 Å². The van der Waals surface area contributed by atoms with Crippen LogP contribution in [0.15, 0.2) is 65.5 Å². The monoisotopic (exact) mass is 599 g/mol. The minimum Gasteiger partial charge on any atom is -0.495 e. The average molecular weight is 599 g/mol. The fourth-order valence-electron chi connectivity index (χ4n) is 7.05. The van der Waals surface area contributed by atoms with Gasteiger partial charge < -0.3 is 46.1 Å². The van der Waals surface area contributed by atoms with E-state index in [-0.39, 0.29) is 17.3 Å². The number of methoxy groups -OCH3 is 1. The van der Waals surface area contributed by atoms with Crippen LogP contribution in [0.2, 0.25) is 0 Å². The van der Waals surface area contributed by atoms with E-state index in [1.54, 1.807) is 27.0 Å². The number of anilines is 3. The first kappa shape index (κ1) is 29.4. The number of para-hydroxylation sites is 2. The minimum atomic E-state index is -4.54. The number of unbranched alkanes of at least 4 members (excludes halogenated alkanes) is 1. The van der Waals surface area contributed by atoms with Crippen LogP contribution in [0.25, 0.3) is 0 Å². The molecule has 0 radical (unpaired) electrons. The molecule has 6 rings (SSSR count). The van der Waals surface area contributed by atoms with Gasteiger partial charge in [-0.3, -0.25) is 9.82 Å². The van der Waals surface area contributed by atoms with Crippen LogP contribution in [-0.4, -0.2) is 80.3 Å². The molecule has 1 fully saturated rings. The molecule has 1 aromatic heterocycles. The van der Waals surface area contributed by atoms with Gasteiger partial charge in [0.2, 0.25) is 0 Å². The maximum Gasteiger partial charge on any atom is 0.816 e. The third-order valence-corrected chi connectivity index (χ3v) is 9.23. The van der Waals surface area contributed by atoms with Gasteiger partial charge in [0.15, 0.2) is 17.3 Å². The zero-order valence-electron chi connectivity index (χ0n) is 25.2. The van der Waals surface area contributed by atoms with Crippen molar-refractivity contribution < 1.29 is 31.0 Å². The van der Waals surface area contributed by atoms with Crippen LogP contribution in [0.4, 0.5) is 34.6 Å². The lowest BCUT2D eigenvalue weighted by Crippen LogP contribution is -2.69. The Balaban J connectivity index is 1.09. The molecule has 4 aliphatic rings. The van der Waals surface area contributed by atoms with Gasteiger partial charge in [-0.2, -0.15) is 0 Å². The van der Waals surface area contributed by atoms with Crippen molar-refractivity contribution >= 4 is 37.0 Å². The van der Waals surface area contributed by atoms with Gasteiger partial charge in [0.1, 0.15) is 11.5 Å². The second-order valence-electron chi connectivity index (χ2n) is 11.6. The molecule has 14 heteroatoms. The lowest BCUT2D eigenvalue weighted by Gasteiger charge is -2.42. The largest absolute Gasteiger partial charge is 0.816 e. The number of nitrogens with zero attached hydrogens (tertiary/aromatic N) is 6. The first-order chi connectivity index (χ1) is 20.6. The number of allylic oxidation sites excluding steroid dienone is 2. The maximum absolute atomic E-state index is 16.1. The average Bonchev–Trinajstić information content (AvgIpc) is 3.39. The highest BCUT2D eigenvalue weighted by molar-refractivity contribution is 6.68. The SMILES string of the molecule is CCC1=C(C)C2=CN3N(c4cccc(NCCCCN5CCN(c6ccccc6OC)CC5)[n+]4[B-]3(F)F)[B-](F)(F)[N+]2=C1C. The Morgan fingerprint density at radius 1 is 0.930 bits per heavy atom. The summed E-state index contributed by atoms with van der Waals surface area (Å²) < 4.78 is 71.4. The highest BCUT2D eigenvalue weighted by Crippen LogP contribution is 2.43. The number of halogens is 4. The first-order valence-corrected chi connectivity index (χ1v) is 15.2. The molecule has 0 aliphatic carbocycles. The number of ether oxygens (including phenoxy) is 1. The van der Waals surface area contributed by atoms with Gasteiger partial charge in [-0.1, -0.05) is 19.1 Å². The highest BCUT2D eigenvalue weighted by atomic mass is 19.3. The van der Waals surface area contributed by atoms with Crippen molar-refractivity contribution in [3.05, 3.63) is 65.5 Å². The van der Waals surface area contributed by atoms with E-state index in [9.17, 15) is 0 Å². The number of hydrogen-bond acceptors (Lipinski definition) is 6. The van der Waals surface area contributed by atoms with E-state index >= 15 is 17.3 Å². The van der Waals surface area contributed by atoms with Gasteiger partial charge in [-0.15, -0.1) is 0 Å². The smallest absolute Gasteiger partial charge is 0.495 e.